The normalized spacial score (nSPS) is 11.6. The van der Waals surface area contributed by atoms with Gasteiger partial charge in [0.15, 0.2) is 9.84 Å². The molecule has 0 spiro atoms. The summed E-state index contributed by atoms with van der Waals surface area (Å²) < 4.78 is 27.9. The van der Waals surface area contributed by atoms with E-state index in [0.29, 0.717) is 5.02 Å². The van der Waals surface area contributed by atoms with Gasteiger partial charge in [0.05, 0.1) is 40.2 Å². The van der Waals surface area contributed by atoms with Crippen LogP contribution in [0.4, 0.5) is 0 Å². The summed E-state index contributed by atoms with van der Waals surface area (Å²) in [5.41, 5.74) is 5.83. The van der Waals surface area contributed by atoms with Crippen molar-refractivity contribution in [1.29, 1.82) is 0 Å². The maximum atomic E-state index is 12.1. The molecule has 0 N–H and O–H groups in total. The number of rotatable bonds is 5. The van der Waals surface area contributed by atoms with Gasteiger partial charge in [0.1, 0.15) is 0 Å². The Morgan fingerprint density at radius 1 is 0.882 bits per heavy atom. The lowest BCUT2D eigenvalue weighted by molar-refractivity contribution is 0.602. The number of sulfone groups is 1. The fourth-order valence-electron chi connectivity index (χ4n) is 3.78. The van der Waals surface area contributed by atoms with Crippen LogP contribution < -0.4 is 0 Å². The van der Waals surface area contributed by atoms with E-state index in [0.717, 1.165) is 39.5 Å². The molecular weight excluding hydrogens is 470 g/mol. The van der Waals surface area contributed by atoms with E-state index in [4.69, 9.17) is 11.6 Å². The summed E-state index contributed by atoms with van der Waals surface area (Å²) in [5, 5.41) is 9.18. The zero-order valence-electron chi connectivity index (χ0n) is 18.4. The highest BCUT2D eigenvalue weighted by molar-refractivity contribution is 7.90. The molecule has 0 saturated carbocycles. The molecule has 0 fully saturated rings. The zero-order chi connectivity index (χ0) is 23.9. The van der Waals surface area contributed by atoms with Crippen molar-refractivity contribution >= 4 is 21.4 Å². The van der Waals surface area contributed by atoms with Crippen LogP contribution in [0.25, 0.3) is 33.8 Å². The molecule has 0 aliphatic rings. The van der Waals surface area contributed by atoms with Crippen molar-refractivity contribution in [3.8, 4) is 33.8 Å². The third-order valence-corrected chi connectivity index (χ3v) is 6.84. The Bertz CT molecular complexity index is 1600. The van der Waals surface area contributed by atoms with E-state index < -0.39 is 9.84 Å². The molecule has 7 nitrogen and oxygen atoms in total. The minimum absolute atomic E-state index is 0.267. The van der Waals surface area contributed by atoms with E-state index in [1.165, 1.54) is 6.26 Å². The van der Waals surface area contributed by atoms with Crippen molar-refractivity contribution in [3.05, 3.63) is 96.2 Å². The molecule has 170 valence electrons. The van der Waals surface area contributed by atoms with Crippen molar-refractivity contribution in [3.63, 3.8) is 0 Å². The van der Waals surface area contributed by atoms with Gasteiger partial charge in [0, 0.05) is 23.0 Å². The van der Waals surface area contributed by atoms with Crippen LogP contribution in [0.3, 0.4) is 0 Å². The van der Waals surface area contributed by atoms with Crippen molar-refractivity contribution in [2.24, 2.45) is 0 Å². The van der Waals surface area contributed by atoms with Gasteiger partial charge in [-0.3, -0.25) is 0 Å². The first kappa shape index (κ1) is 22.1. The van der Waals surface area contributed by atoms with E-state index in [-0.39, 0.29) is 4.90 Å². The van der Waals surface area contributed by atoms with Gasteiger partial charge < -0.3 is 4.57 Å². The third kappa shape index (κ3) is 4.25. The van der Waals surface area contributed by atoms with Crippen LogP contribution in [0.2, 0.25) is 5.02 Å². The fraction of sp³-hybridized carbons (Fsp3) is 0.0800. The first-order valence-corrected chi connectivity index (χ1v) is 12.7. The number of aryl methyl sites for hydroxylation is 1. The van der Waals surface area contributed by atoms with Crippen molar-refractivity contribution < 1.29 is 8.42 Å². The topological polar surface area (TPSA) is 82.7 Å². The predicted octanol–water partition coefficient (Wildman–Crippen LogP) is 5.15. The fourth-order valence-corrected chi connectivity index (χ4v) is 4.57. The second-order valence-electron chi connectivity index (χ2n) is 7.96. The van der Waals surface area contributed by atoms with Gasteiger partial charge >= 0.3 is 0 Å². The van der Waals surface area contributed by atoms with Gasteiger partial charge in [0.2, 0.25) is 0 Å². The summed E-state index contributed by atoms with van der Waals surface area (Å²) in [6.07, 6.45) is 6.58. The molecule has 0 saturated heterocycles. The Morgan fingerprint density at radius 3 is 2.32 bits per heavy atom. The van der Waals surface area contributed by atoms with Crippen LogP contribution in [-0.4, -0.2) is 39.2 Å². The lowest BCUT2D eigenvalue weighted by atomic mass is 10.0. The summed E-state index contributed by atoms with van der Waals surface area (Å²) in [6, 6.07) is 20.3. The molecule has 3 aromatic carbocycles. The molecule has 34 heavy (non-hydrogen) atoms. The number of benzene rings is 3. The number of hydrogen-bond acceptors (Lipinski definition) is 5. The Kier molecular flexibility index (Phi) is 5.55. The summed E-state index contributed by atoms with van der Waals surface area (Å²) in [5.74, 6) is 0. The number of halogens is 1. The number of aromatic nitrogens is 5. The van der Waals surface area contributed by atoms with E-state index >= 15 is 0 Å². The number of hydrogen-bond donors (Lipinski definition) is 0. The van der Waals surface area contributed by atoms with Gasteiger partial charge in [-0.2, -0.15) is 0 Å². The minimum Gasteiger partial charge on any atom is -0.304 e. The van der Waals surface area contributed by atoms with Crippen molar-refractivity contribution in [2.75, 3.05) is 6.26 Å². The lowest BCUT2D eigenvalue weighted by Gasteiger charge is -2.15. The van der Waals surface area contributed by atoms with Gasteiger partial charge in [-0.05, 0) is 54.4 Å². The van der Waals surface area contributed by atoms with Gasteiger partial charge in [-0.15, -0.1) is 5.10 Å². The van der Waals surface area contributed by atoms with E-state index in [1.807, 2.05) is 66.2 Å². The predicted molar refractivity (Wildman–Crippen MR) is 132 cm³/mol. The minimum atomic E-state index is -3.33. The van der Waals surface area contributed by atoms with Crippen LogP contribution in [0.15, 0.2) is 90.3 Å². The molecule has 5 rings (SSSR count). The lowest BCUT2D eigenvalue weighted by Crippen LogP contribution is -2.06. The van der Waals surface area contributed by atoms with Crippen LogP contribution in [0.1, 0.15) is 5.69 Å². The summed E-state index contributed by atoms with van der Waals surface area (Å²) in [4.78, 5) is 4.63. The molecule has 0 aliphatic heterocycles. The smallest absolute Gasteiger partial charge is 0.175 e. The molecule has 0 aliphatic carbocycles. The molecule has 0 atom stereocenters. The molecule has 0 unspecified atom stereocenters. The van der Waals surface area contributed by atoms with E-state index in [2.05, 4.69) is 15.3 Å². The molecule has 0 amide bonds. The second-order valence-corrected chi connectivity index (χ2v) is 10.4. The quantitative estimate of drug-likeness (QED) is 0.341. The van der Waals surface area contributed by atoms with Crippen LogP contribution in [-0.2, 0) is 9.84 Å². The van der Waals surface area contributed by atoms with Crippen LogP contribution in [0, 0.1) is 6.92 Å². The molecule has 9 heteroatoms. The van der Waals surface area contributed by atoms with Crippen LogP contribution >= 0.6 is 11.6 Å². The first-order chi connectivity index (χ1) is 16.3. The van der Waals surface area contributed by atoms with E-state index in [9.17, 15) is 8.42 Å². The van der Waals surface area contributed by atoms with E-state index in [1.54, 1.807) is 35.4 Å². The number of nitrogens with zero attached hydrogens (tertiary/aromatic N) is 5. The Hall–Kier alpha value is -3.75. The van der Waals surface area contributed by atoms with Crippen molar-refractivity contribution in [2.45, 2.75) is 11.8 Å². The monoisotopic (exact) mass is 489 g/mol. The maximum absolute atomic E-state index is 12.1. The molecule has 0 bridgehead atoms. The summed E-state index contributed by atoms with van der Waals surface area (Å²) in [7, 11) is -3.33. The highest BCUT2D eigenvalue weighted by Gasteiger charge is 2.16. The average molecular weight is 490 g/mol. The Balaban J connectivity index is 1.71. The SMILES string of the molecule is Cc1cn(-c2ccc(-c3cccc(S(C)(=O)=O)c3)cc2-n2nncc2-c2ccc(Cl)cc2)cn1. The van der Waals surface area contributed by atoms with Gasteiger partial charge in [-0.25, -0.2) is 18.1 Å². The largest absolute Gasteiger partial charge is 0.304 e. The zero-order valence-corrected chi connectivity index (χ0v) is 20.0. The second kappa shape index (κ2) is 8.55. The third-order valence-electron chi connectivity index (χ3n) is 5.48. The summed E-state index contributed by atoms with van der Waals surface area (Å²) in [6.45, 7) is 1.93. The molecule has 5 aromatic rings. The van der Waals surface area contributed by atoms with Crippen LogP contribution in [0.5, 0.6) is 0 Å². The number of imidazole rings is 1. The highest BCUT2D eigenvalue weighted by Crippen LogP contribution is 2.31. The average Bonchev–Trinajstić information content (AvgIpc) is 3.48. The standard InChI is InChI=1S/C25H20ClN5O2S/c1-17-15-30(16-27-17)23-11-8-20(19-4-3-5-22(12-19)34(2,32)33)13-24(23)31-25(14-28-29-31)18-6-9-21(26)10-7-18/h3-16H,1-2H3. The van der Waals surface area contributed by atoms with Crippen molar-refractivity contribution in [1.82, 2.24) is 24.5 Å². The Labute approximate surface area is 202 Å². The molecule has 0 radical (unpaired) electrons. The maximum Gasteiger partial charge on any atom is 0.175 e. The summed E-state index contributed by atoms with van der Waals surface area (Å²) >= 11 is 6.08. The molecule has 2 aromatic heterocycles. The van der Waals surface area contributed by atoms with Gasteiger partial charge in [-0.1, -0.05) is 47.1 Å². The molecular formula is C25H20ClN5O2S. The first-order valence-electron chi connectivity index (χ1n) is 10.4. The van der Waals surface area contributed by atoms with Gasteiger partial charge in [0.25, 0.3) is 0 Å². The molecule has 2 heterocycles. The highest BCUT2D eigenvalue weighted by atomic mass is 35.5. The Morgan fingerprint density at radius 2 is 1.62 bits per heavy atom.